The Bertz CT molecular complexity index is 2370. The number of phenolic OH excluding ortho intramolecular Hbond substituents is 1. The Morgan fingerprint density at radius 3 is 2.41 bits per heavy atom. The summed E-state index contributed by atoms with van der Waals surface area (Å²) in [5, 5.41) is 21.5. The van der Waals surface area contributed by atoms with Crippen molar-refractivity contribution >= 4 is 40.7 Å². The predicted molar refractivity (Wildman–Crippen MR) is 242 cm³/mol. The summed E-state index contributed by atoms with van der Waals surface area (Å²) < 4.78 is 18.9. The number of benzene rings is 3. The lowest BCUT2D eigenvalue weighted by Gasteiger charge is -2.51. The van der Waals surface area contributed by atoms with E-state index in [0.717, 1.165) is 67.1 Å². The third-order valence-electron chi connectivity index (χ3n) is 14.2. The highest BCUT2D eigenvalue weighted by atomic mass is 16.5. The van der Waals surface area contributed by atoms with Crippen LogP contribution in [0, 0.1) is 0 Å². The maximum atomic E-state index is 13.9. The van der Waals surface area contributed by atoms with E-state index in [0.29, 0.717) is 88.4 Å². The molecule has 16 nitrogen and oxygen atoms in total. The average Bonchev–Trinajstić information content (AvgIpc) is 3.31. The molecule has 5 fully saturated rings. The largest absolute Gasteiger partial charge is 0.507 e. The topological polar surface area (TPSA) is 179 Å². The van der Waals surface area contributed by atoms with Crippen LogP contribution in [0.3, 0.4) is 0 Å². The van der Waals surface area contributed by atoms with Crippen molar-refractivity contribution in [1.29, 1.82) is 0 Å². The molecule has 3 atom stereocenters. The number of hydrogen-bond donors (Lipinski definition) is 3. The number of imide groups is 1. The Hall–Kier alpha value is -6.29. The van der Waals surface area contributed by atoms with Crippen LogP contribution < -0.4 is 35.2 Å². The number of carbonyl (C=O) groups excluding carboxylic acids is 3. The van der Waals surface area contributed by atoms with Crippen molar-refractivity contribution in [3.05, 3.63) is 78.4 Å². The van der Waals surface area contributed by atoms with Crippen LogP contribution >= 0.6 is 0 Å². The first kappa shape index (κ1) is 41.7. The minimum absolute atomic E-state index is 0.00469. The zero-order valence-electron chi connectivity index (χ0n) is 36.3. The van der Waals surface area contributed by atoms with Gasteiger partial charge in [-0.25, -0.2) is 4.79 Å². The van der Waals surface area contributed by atoms with Crippen LogP contribution in [0.15, 0.2) is 72.8 Å². The van der Waals surface area contributed by atoms with Gasteiger partial charge < -0.3 is 49.6 Å². The number of nitrogen functional groups attached to an aromatic ring is 1. The molecule has 0 radical (unpaired) electrons. The molecular formula is C48H57N9O7. The number of nitrogens with one attached hydrogen (secondary N) is 1. The van der Waals surface area contributed by atoms with Crippen LogP contribution in [0.4, 0.5) is 27.7 Å². The van der Waals surface area contributed by atoms with E-state index < -0.39 is 0 Å². The van der Waals surface area contributed by atoms with E-state index in [-0.39, 0.29) is 53.9 Å². The molecule has 16 heteroatoms. The number of ether oxygens (including phenoxy) is 3. The van der Waals surface area contributed by atoms with Gasteiger partial charge in [-0.1, -0.05) is 30.3 Å². The number of nitrogens with two attached hydrogens (primary N) is 1. The predicted octanol–water partition coefficient (Wildman–Crippen LogP) is 5.15. The minimum Gasteiger partial charge on any atom is -0.507 e. The molecule has 0 unspecified atom stereocenters. The summed E-state index contributed by atoms with van der Waals surface area (Å²) in [6, 6.07) is 23.6. The van der Waals surface area contributed by atoms with Gasteiger partial charge in [-0.2, -0.15) is 0 Å². The number of likely N-dealkylation sites (tertiary alicyclic amines) is 1. The number of fused-ring (bicyclic) bond motifs is 3. The maximum absolute atomic E-state index is 13.9. The molecule has 4 N–H and O–H groups in total. The molecule has 6 heterocycles. The highest BCUT2D eigenvalue weighted by Crippen LogP contribution is 2.45. The summed E-state index contributed by atoms with van der Waals surface area (Å²) in [6.07, 6.45) is 6.06. The van der Waals surface area contributed by atoms with Gasteiger partial charge in [-0.3, -0.25) is 14.9 Å². The first-order valence-electron chi connectivity index (χ1n) is 22.9. The normalized spacial score (nSPS) is 25.0. The SMILES string of the molecule is CN(C(=O)N1CCC(Oc2cccc(N3[C@H]4COC[C@H]3CN(c3cc(-c5ccccc5O)nnc3N)C4)c2)CC1)C1CCC(c2cccc3c2OCCN3[C@@H]2CCC(=O)NC2=O)CC1. The van der Waals surface area contributed by atoms with Crippen molar-refractivity contribution in [3.8, 4) is 28.5 Å². The molecule has 4 aromatic rings. The highest BCUT2D eigenvalue weighted by Gasteiger charge is 2.40. The summed E-state index contributed by atoms with van der Waals surface area (Å²) in [7, 11) is 1.95. The van der Waals surface area contributed by atoms with Crippen molar-refractivity contribution in [3.63, 3.8) is 0 Å². The van der Waals surface area contributed by atoms with Gasteiger partial charge in [0, 0.05) is 75.8 Å². The lowest BCUT2D eigenvalue weighted by molar-refractivity contribution is -0.134. The first-order valence-corrected chi connectivity index (χ1v) is 22.9. The fraction of sp³-hybridized carbons (Fsp3) is 0.479. The Morgan fingerprint density at radius 2 is 1.64 bits per heavy atom. The van der Waals surface area contributed by atoms with Crippen LogP contribution in [-0.4, -0.2) is 133 Å². The van der Waals surface area contributed by atoms with E-state index in [9.17, 15) is 19.5 Å². The van der Waals surface area contributed by atoms with Gasteiger partial charge in [0.25, 0.3) is 0 Å². The van der Waals surface area contributed by atoms with Crippen molar-refractivity contribution in [2.45, 2.75) is 87.6 Å². The number of amides is 4. The fourth-order valence-corrected chi connectivity index (χ4v) is 10.9. The molecule has 10 rings (SSSR count). The van der Waals surface area contributed by atoms with E-state index in [1.807, 2.05) is 53.2 Å². The molecule has 1 saturated carbocycles. The van der Waals surface area contributed by atoms with E-state index >= 15 is 0 Å². The molecular weight excluding hydrogens is 815 g/mol. The summed E-state index contributed by atoms with van der Waals surface area (Å²) in [6.45, 7) is 4.87. The molecule has 0 spiro atoms. The quantitative estimate of drug-likeness (QED) is 0.198. The zero-order valence-corrected chi connectivity index (χ0v) is 36.3. The summed E-state index contributed by atoms with van der Waals surface area (Å²) in [4.78, 5) is 49.2. The number of piperidine rings is 2. The van der Waals surface area contributed by atoms with E-state index in [2.05, 4.69) is 54.5 Å². The van der Waals surface area contributed by atoms with E-state index in [4.69, 9.17) is 19.9 Å². The lowest BCUT2D eigenvalue weighted by atomic mass is 9.80. The molecule has 2 bridgehead atoms. The average molecular weight is 872 g/mol. The maximum Gasteiger partial charge on any atom is 0.319 e. The second-order valence-corrected chi connectivity index (χ2v) is 18.1. The molecule has 4 saturated heterocycles. The number of piperazine rings is 1. The third-order valence-corrected chi connectivity index (χ3v) is 14.2. The number of anilines is 4. The van der Waals surface area contributed by atoms with Crippen LogP contribution in [0.2, 0.25) is 0 Å². The molecule has 1 aliphatic carbocycles. The van der Waals surface area contributed by atoms with E-state index in [1.54, 1.807) is 12.1 Å². The number of hydrogen-bond acceptors (Lipinski definition) is 13. The fourth-order valence-electron chi connectivity index (χ4n) is 10.9. The minimum atomic E-state index is -0.379. The number of nitrogens with zero attached hydrogens (tertiary/aromatic N) is 7. The number of rotatable bonds is 8. The number of aromatic hydroxyl groups is 1. The molecule has 6 aliphatic rings. The number of para-hydroxylation sites is 2. The first-order chi connectivity index (χ1) is 31.2. The third kappa shape index (κ3) is 8.19. The number of phenols is 1. The Balaban J connectivity index is 0.722. The molecule has 1 aromatic heterocycles. The van der Waals surface area contributed by atoms with Gasteiger partial charge in [0.15, 0.2) is 5.82 Å². The number of aromatic nitrogens is 2. The molecule has 4 amide bonds. The van der Waals surface area contributed by atoms with Gasteiger partial charge in [0.05, 0.1) is 48.9 Å². The standard InChI is InChI=1S/C48H57N9O7/c1-53(31-14-12-30(13-15-31)37-9-5-10-40-45(37)63-23-22-56(40)41-16-17-44(59)50-47(41)60)48(61)54-20-18-35(19-21-54)64-36-7-4-6-32(24-36)57-33-26-55(27-34(57)29-62-28-33)42-25-39(51-52-46(42)49)38-8-2-3-11-43(38)58/h2-11,24-25,30-31,33-35,41,58H,12-23,26-29H2,1H3,(H2,49,52)(H,50,59,60)/t30?,31?,33-,34-,41-/m1/s1. The van der Waals surface area contributed by atoms with Crippen molar-refractivity contribution in [2.24, 2.45) is 0 Å². The van der Waals surface area contributed by atoms with Gasteiger partial charge in [-0.05, 0) is 80.0 Å². The highest BCUT2D eigenvalue weighted by molar-refractivity contribution is 6.02. The van der Waals surface area contributed by atoms with Crippen LogP contribution in [0.5, 0.6) is 17.2 Å². The van der Waals surface area contributed by atoms with Crippen LogP contribution in [0.25, 0.3) is 11.3 Å². The molecule has 3 aromatic carbocycles. The van der Waals surface area contributed by atoms with Gasteiger partial charge >= 0.3 is 6.03 Å². The zero-order chi connectivity index (χ0) is 43.9. The molecule has 64 heavy (non-hydrogen) atoms. The smallest absolute Gasteiger partial charge is 0.319 e. The van der Waals surface area contributed by atoms with E-state index in [1.165, 1.54) is 5.56 Å². The summed E-state index contributed by atoms with van der Waals surface area (Å²) >= 11 is 0. The second-order valence-electron chi connectivity index (χ2n) is 18.1. The Morgan fingerprint density at radius 1 is 0.875 bits per heavy atom. The Kier molecular flexibility index (Phi) is 11.5. The number of carbonyl (C=O) groups is 3. The van der Waals surface area contributed by atoms with Gasteiger partial charge in [0.2, 0.25) is 11.8 Å². The van der Waals surface area contributed by atoms with Crippen molar-refractivity contribution in [1.82, 2.24) is 25.3 Å². The van der Waals surface area contributed by atoms with Gasteiger partial charge in [-0.15, -0.1) is 10.2 Å². The van der Waals surface area contributed by atoms with Crippen molar-refractivity contribution < 1.29 is 33.7 Å². The molecule has 5 aliphatic heterocycles. The van der Waals surface area contributed by atoms with Crippen molar-refractivity contribution in [2.75, 3.05) is 80.0 Å². The number of morpholine rings is 1. The number of urea groups is 1. The lowest BCUT2D eigenvalue weighted by Crippen LogP contribution is -2.65. The van der Waals surface area contributed by atoms with Gasteiger partial charge in [0.1, 0.15) is 36.0 Å². The summed E-state index contributed by atoms with van der Waals surface area (Å²) in [5.74, 6) is 2.02. The van der Waals surface area contributed by atoms with Crippen LogP contribution in [0.1, 0.15) is 62.8 Å². The van der Waals surface area contributed by atoms with Crippen LogP contribution in [-0.2, 0) is 14.3 Å². The Labute approximate surface area is 373 Å². The summed E-state index contributed by atoms with van der Waals surface area (Å²) in [5.41, 5.74) is 11.5. The molecule has 336 valence electrons. The monoisotopic (exact) mass is 871 g/mol. The second kappa shape index (κ2) is 17.7.